The minimum absolute atomic E-state index is 0.0500. The van der Waals surface area contributed by atoms with E-state index in [1.807, 2.05) is 24.3 Å². The van der Waals surface area contributed by atoms with Crippen molar-refractivity contribution in [3.05, 3.63) is 70.1 Å². The quantitative estimate of drug-likeness (QED) is 0.872. The number of benzene rings is 2. The first-order valence-corrected chi connectivity index (χ1v) is 8.86. The van der Waals surface area contributed by atoms with Crippen LogP contribution in [0, 0.1) is 0 Å². The molecule has 0 unspecified atom stereocenters. The summed E-state index contributed by atoms with van der Waals surface area (Å²) in [6, 6.07) is 14.2. The minimum Gasteiger partial charge on any atom is -0.295 e. The molecule has 0 bridgehead atoms. The lowest BCUT2D eigenvalue weighted by molar-refractivity contribution is 0.101. The van der Waals surface area contributed by atoms with Crippen LogP contribution in [0.1, 0.15) is 34.8 Å². The van der Waals surface area contributed by atoms with E-state index < -0.39 is 10.0 Å². The van der Waals surface area contributed by atoms with Gasteiger partial charge in [0.2, 0.25) is 0 Å². The second kappa shape index (κ2) is 6.01. The first-order chi connectivity index (χ1) is 11.0. The molecule has 0 aromatic heterocycles. The number of carbonyl (C=O) groups excluding carboxylic acids is 1. The molecule has 0 atom stereocenters. The van der Waals surface area contributed by atoms with E-state index in [0.717, 1.165) is 11.1 Å². The van der Waals surface area contributed by atoms with Crippen LogP contribution >= 0.6 is 0 Å². The van der Waals surface area contributed by atoms with Gasteiger partial charge in [-0.25, -0.2) is 8.42 Å². The Labute approximate surface area is 135 Å². The number of hydrogen-bond acceptors (Lipinski definition) is 3. The van der Waals surface area contributed by atoms with Crippen molar-refractivity contribution in [1.29, 1.82) is 0 Å². The first kappa shape index (κ1) is 15.5. The second-order valence-electron chi connectivity index (χ2n) is 5.55. The van der Waals surface area contributed by atoms with Crippen LogP contribution in [0.25, 0.3) is 6.08 Å². The summed E-state index contributed by atoms with van der Waals surface area (Å²) in [6.45, 7) is 1.48. The summed E-state index contributed by atoms with van der Waals surface area (Å²) >= 11 is 0. The zero-order valence-electron chi connectivity index (χ0n) is 12.7. The maximum absolute atomic E-state index is 12.5. The molecule has 1 aliphatic rings. The maximum atomic E-state index is 12.5. The lowest BCUT2D eigenvalue weighted by atomic mass is 9.98. The van der Waals surface area contributed by atoms with Gasteiger partial charge in [-0.3, -0.25) is 9.52 Å². The number of hydrogen-bond donors (Lipinski definition) is 1. The molecule has 3 rings (SSSR count). The number of aryl methyl sites for hydroxylation is 1. The number of Topliss-reactive ketones (excluding diaryl/α,β-unsaturated/α-hetero) is 1. The van der Waals surface area contributed by atoms with Crippen molar-refractivity contribution in [3.63, 3.8) is 0 Å². The molecular formula is C18H17NO3S. The molecule has 1 N–H and O–H groups in total. The Kier molecular flexibility index (Phi) is 4.05. The number of rotatable bonds is 4. The summed E-state index contributed by atoms with van der Waals surface area (Å²) in [4.78, 5) is 11.6. The largest absolute Gasteiger partial charge is 0.295 e. The molecule has 0 saturated heterocycles. The van der Waals surface area contributed by atoms with Crippen LogP contribution in [0.15, 0.2) is 53.4 Å². The van der Waals surface area contributed by atoms with E-state index in [2.05, 4.69) is 4.72 Å². The zero-order valence-corrected chi connectivity index (χ0v) is 13.6. The molecule has 0 spiro atoms. The molecule has 0 heterocycles. The van der Waals surface area contributed by atoms with Crippen LogP contribution in [0.5, 0.6) is 0 Å². The van der Waals surface area contributed by atoms with Crippen molar-refractivity contribution >= 4 is 27.6 Å². The summed E-state index contributed by atoms with van der Waals surface area (Å²) < 4.78 is 27.7. The topological polar surface area (TPSA) is 63.2 Å². The highest BCUT2D eigenvalue weighted by Crippen LogP contribution is 2.28. The van der Waals surface area contributed by atoms with E-state index in [-0.39, 0.29) is 5.78 Å². The molecule has 23 heavy (non-hydrogen) atoms. The molecule has 4 nitrogen and oxygen atoms in total. The van der Waals surface area contributed by atoms with Crippen molar-refractivity contribution in [1.82, 2.24) is 0 Å². The van der Waals surface area contributed by atoms with Crippen LogP contribution in [0.3, 0.4) is 0 Å². The second-order valence-corrected chi connectivity index (χ2v) is 7.28. The van der Waals surface area contributed by atoms with Crippen LogP contribution in [-0.2, 0) is 16.4 Å². The maximum Gasteiger partial charge on any atom is 0.258 e. The zero-order chi connectivity index (χ0) is 16.4. The van der Waals surface area contributed by atoms with Gasteiger partial charge in [0.25, 0.3) is 10.0 Å². The van der Waals surface area contributed by atoms with Crippen LogP contribution in [0.4, 0.5) is 5.69 Å². The fourth-order valence-electron chi connectivity index (χ4n) is 2.61. The van der Waals surface area contributed by atoms with Gasteiger partial charge in [-0.1, -0.05) is 24.3 Å². The molecule has 1 aliphatic carbocycles. The monoisotopic (exact) mass is 327 g/mol. The number of ketones is 1. The number of carbonyl (C=O) groups is 1. The number of allylic oxidation sites excluding steroid dienone is 1. The number of sulfonamides is 1. The molecule has 2 aromatic rings. The van der Waals surface area contributed by atoms with Crippen molar-refractivity contribution in [2.45, 2.75) is 19.8 Å². The SMILES string of the molecule is CC(=O)c1ccc(NS(=O)(=O)C2=Cc3ccccc3CC2)cc1. The Morgan fingerprint density at radius 1 is 1.00 bits per heavy atom. The molecular weight excluding hydrogens is 310 g/mol. The third-order valence-corrected chi connectivity index (χ3v) is 5.42. The summed E-state index contributed by atoms with van der Waals surface area (Å²) in [7, 11) is -3.59. The molecule has 0 amide bonds. The van der Waals surface area contributed by atoms with Gasteiger partial charge in [0.15, 0.2) is 5.78 Å². The Bertz CT molecular complexity index is 881. The molecule has 2 aromatic carbocycles. The molecule has 0 radical (unpaired) electrons. The number of anilines is 1. The highest BCUT2D eigenvalue weighted by atomic mass is 32.2. The van der Waals surface area contributed by atoms with E-state index >= 15 is 0 Å². The molecule has 0 saturated carbocycles. The summed E-state index contributed by atoms with van der Waals surface area (Å²) in [6.07, 6.45) is 2.93. The highest BCUT2D eigenvalue weighted by molar-refractivity contribution is 7.96. The van der Waals surface area contributed by atoms with E-state index in [1.54, 1.807) is 30.3 Å². The predicted octanol–water partition coefficient (Wildman–Crippen LogP) is 3.62. The van der Waals surface area contributed by atoms with Crippen molar-refractivity contribution < 1.29 is 13.2 Å². The summed E-state index contributed by atoms with van der Waals surface area (Å²) in [5.41, 5.74) is 3.12. The standard InChI is InChI=1S/C18H17NO3S/c1-13(20)14-6-9-17(10-7-14)19-23(21,22)18-11-8-15-4-2-3-5-16(15)12-18/h2-7,9-10,12,19H,8,11H2,1H3. The van der Waals surface area contributed by atoms with Gasteiger partial charge in [0.05, 0.1) is 4.91 Å². The fraction of sp³-hybridized carbons (Fsp3) is 0.167. The third-order valence-electron chi connectivity index (χ3n) is 3.90. The van der Waals surface area contributed by atoms with Gasteiger partial charge < -0.3 is 0 Å². The Balaban J connectivity index is 1.85. The fourth-order valence-corrected chi connectivity index (χ4v) is 3.84. The Morgan fingerprint density at radius 2 is 1.70 bits per heavy atom. The average molecular weight is 327 g/mol. The molecule has 118 valence electrons. The van der Waals surface area contributed by atoms with Crippen LogP contribution < -0.4 is 4.72 Å². The lowest BCUT2D eigenvalue weighted by Gasteiger charge is -2.17. The van der Waals surface area contributed by atoms with E-state index in [0.29, 0.717) is 29.0 Å². The molecule has 0 aliphatic heterocycles. The summed E-state index contributed by atoms with van der Waals surface area (Å²) in [5, 5.41) is 0. The van der Waals surface area contributed by atoms with Gasteiger partial charge in [-0.2, -0.15) is 0 Å². The van der Waals surface area contributed by atoms with Crippen LogP contribution in [-0.4, -0.2) is 14.2 Å². The Morgan fingerprint density at radius 3 is 2.39 bits per heavy atom. The van der Waals surface area contributed by atoms with Gasteiger partial charge in [0, 0.05) is 11.3 Å². The van der Waals surface area contributed by atoms with Gasteiger partial charge >= 0.3 is 0 Å². The Hall–Kier alpha value is -2.40. The van der Waals surface area contributed by atoms with Crippen molar-refractivity contribution in [2.75, 3.05) is 4.72 Å². The third kappa shape index (κ3) is 3.35. The van der Waals surface area contributed by atoms with Gasteiger partial charge in [0.1, 0.15) is 0 Å². The summed E-state index contributed by atoms with van der Waals surface area (Å²) in [5.74, 6) is -0.0500. The normalized spacial score (nSPS) is 13.9. The average Bonchev–Trinajstić information content (AvgIpc) is 2.54. The minimum atomic E-state index is -3.59. The number of nitrogens with one attached hydrogen (secondary N) is 1. The van der Waals surface area contributed by atoms with E-state index in [9.17, 15) is 13.2 Å². The van der Waals surface area contributed by atoms with Crippen molar-refractivity contribution in [3.8, 4) is 0 Å². The van der Waals surface area contributed by atoms with Crippen LogP contribution in [0.2, 0.25) is 0 Å². The lowest BCUT2D eigenvalue weighted by Crippen LogP contribution is -2.17. The first-order valence-electron chi connectivity index (χ1n) is 7.38. The smallest absolute Gasteiger partial charge is 0.258 e. The van der Waals surface area contributed by atoms with E-state index in [1.165, 1.54) is 6.92 Å². The van der Waals surface area contributed by atoms with Gasteiger partial charge in [-0.15, -0.1) is 0 Å². The molecule has 5 heteroatoms. The highest BCUT2D eigenvalue weighted by Gasteiger charge is 2.21. The van der Waals surface area contributed by atoms with Crippen molar-refractivity contribution in [2.24, 2.45) is 0 Å². The van der Waals surface area contributed by atoms with Gasteiger partial charge in [-0.05, 0) is 61.2 Å². The molecule has 0 fully saturated rings. The number of fused-ring (bicyclic) bond motifs is 1. The predicted molar refractivity (Wildman–Crippen MR) is 91.7 cm³/mol. The van der Waals surface area contributed by atoms with E-state index in [4.69, 9.17) is 0 Å².